The first kappa shape index (κ1) is 15.4. The number of Topliss-reactive ketones (excluding diaryl/α,β-unsaturated/α-hetero) is 1. The monoisotopic (exact) mass is 336 g/mol. The molecule has 0 radical (unpaired) electrons. The van der Waals surface area contributed by atoms with Crippen LogP contribution in [-0.4, -0.2) is 17.5 Å². The standard InChI is InChI=1S/C13H15BrClFO2/c1-13(2,7-8-16)11(17)12(14)18-10-5-3-9(15)4-6-10/h3-6,12H,7-8H2,1-2H3. The number of ether oxygens (including phenoxy) is 1. The van der Waals surface area contributed by atoms with Gasteiger partial charge in [-0.3, -0.25) is 9.18 Å². The van der Waals surface area contributed by atoms with Crippen LogP contribution >= 0.6 is 27.5 Å². The average Bonchev–Trinajstić information content (AvgIpc) is 2.31. The number of hydrogen-bond donors (Lipinski definition) is 0. The lowest BCUT2D eigenvalue weighted by Crippen LogP contribution is -2.35. The molecule has 0 saturated carbocycles. The van der Waals surface area contributed by atoms with Gasteiger partial charge in [0.05, 0.1) is 6.67 Å². The van der Waals surface area contributed by atoms with E-state index in [0.29, 0.717) is 10.8 Å². The first-order valence-electron chi connectivity index (χ1n) is 5.53. The maximum Gasteiger partial charge on any atom is 0.211 e. The maximum atomic E-state index is 12.4. The summed E-state index contributed by atoms with van der Waals surface area (Å²) in [6.45, 7) is 2.88. The minimum Gasteiger partial charge on any atom is -0.471 e. The molecule has 0 aromatic heterocycles. The summed E-state index contributed by atoms with van der Waals surface area (Å²) in [5, 5.41) is -0.196. The first-order chi connectivity index (χ1) is 8.36. The van der Waals surface area contributed by atoms with Gasteiger partial charge in [0.15, 0.2) is 5.78 Å². The second-order valence-corrected chi connectivity index (χ2v) is 5.84. The summed E-state index contributed by atoms with van der Waals surface area (Å²) in [6.07, 6.45) is 0.178. The number of benzene rings is 1. The molecule has 1 atom stereocenters. The van der Waals surface area contributed by atoms with Gasteiger partial charge >= 0.3 is 0 Å². The molecule has 0 fully saturated rings. The average molecular weight is 338 g/mol. The van der Waals surface area contributed by atoms with Gasteiger partial charge in [0, 0.05) is 10.4 Å². The Labute approximate surface area is 120 Å². The quantitative estimate of drug-likeness (QED) is 0.719. The Bertz CT molecular complexity index is 406. The summed E-state index contributed by atoms with van der Waals surface area (Å²) in [4.78, 5) is 12.1. The van der Waals surface area contributed by atoms with Crippen LogP contribution < -0.4 is 4.74 Å². The second kappa shape index (κ2) is 6.53. The zero-order chi connectivity index (χ0) is 13.8. The van der Waals surface area contributed by atoms with Crippen LogP contribution in [-0.2, 0) is 4.79 Å². The van der Waals surface area contributed by atoms with Crippen LogP contribution in [0.3, 0.4) is 0 Å². The molecular formula is C13H15BrClFO2. The number of rotatable bonds is 6. The van der Waals surface area contributed by atoms with Gasteiger partial charge in [0.25, 0.3) is 0 Å². The van der Waals surface area contributed by atoms with Crippen LogP contribution in [0.1, 0.15) is 20.3 Å². The lowest BCUT2D eigenvalue weighted by Gasteiger charge is -2.24. The highest BCUT2D eigenvalue weighted by atomic mass is 79.9. The Hall–Kier alpha value is -0.610. The van der Waals surface area contributed by atoms with Crippen LogP contribution in [0.2, 0.25) is 5.02 Å². The Morgan fingerprint density at radius 3 is 2.50 bits per heavy atom. The number of halogens is 3. The number of hydrogen-bond acceptors (Lipinski definition) is 2. The van der Waals surface area contributed by atoms with Gasteiger partial charge in [-0.2, -0.15) is 0 Å². The normalized spacial score (nSPS) is 13.2. The van der Waals surface area contributed by atoms with Crippen LogP contribution in [0, 0.1) is 5.41 Å². The number of ketones is 1. The zero-order valence-corrected chi connectivity index (χ0v) is 12.6. The second-order valence-electron chi connectivity index (χ2n) is 4.57. The summed E-state index contributed by atoms with van der Waals surface area (Å²) in [7, 11) is 0. The summed E-state index contributed by atoms with van der Waals surface area (Å²) >= 11 is 8.93. The van der Waals surface area contributed by atoms with Gasteiger partial charge in [0.1, 0.15) is 5.75 Å². The van der Waals surface area contributed by atoms with E-state index >= 15 is 0 Å². The van der Waals surface area contributed by atoms with Gasteiger partial charge < -0.3 is 4.74 Å². The van der Waals surface area contributed by atoms with Crippen molar-refractivity contribution in [1.82, 2.24) is 0 Å². The molecular weight excluding hydrogens is 322 g/mol. The first-order valence-corrected chi connectivity index (χ1v) is 6.83. The fourth-order valence-corrected chi connectivity index (χ4v) is 2.31. The van der Waals surface area contributed by atoms with Crippen molar-refractivity contribution in [3.05, 3.63) is 29.3 Å². The molecule has 1 aromatic rings. The van der Waals surface area contributed by atoms with Crippen molar-refractivity contribution in [2.75, 3.05) is 6.67 Å². The molecule has 2 nitrogen and oxygen atoms in total. The molecule has 1 aromatic carbocycles. The van der Waals surface area contributed by atoms with Crippen LogP contribution in [0.25, 0.3) is 0 Å². The van der Waals surface area contributed by atoms with Crippen molar-refractivity contribution >= 4 is 33.3 Å². The molecule has 1 rings (SSSR count). The molecule has 0 amide bonds. The molecule has 1 unspecified atom stereocenters. The highest BCUT2D eigenvalue weighted by Gasteiger charge is 2.33. The molecule has 0 saturated heterocycles. The van der Waals surface area contributed by atoms with Crippen LogP contribution in [0.5, 0.6) is 5.75 Å². The molecule has 0 bridgehead atoms. The van der Waals surface area contributed by atoms with Gasteiger partial charge in [-0.05, 0) is 46.6 Å². The topological polar surface area (TPSA) is 26.3 Å². The van der Waals surface area contributed by atoms with Gasteiger partial charge in [-0.1, -0.05) is 25.4 Å². The smallest absolute Gasteiger partial charge is 0.211 e. The highest BCUT2D eigenvalue weighted by molar-refractivity contribution is 9.09. The van der Waals surface area contributed by atoms with Crippen molar-refractivity contribution in [3.63, 3.8) is 0 Å². The number of carbonyl (C=O) groups excluding carboxylic acids is 1. The lowest BCUT2D eigenvalue weighted by atomic mass is 9.85. The fourth-order valence-electron chi connectivity index (χ4n) is 1.35. The molecule has 100 valence electrons. The summed E-state index contributed by atoms with van der Waals surface area (Å²) in [5.41, 5.74) is -0.755. The third-order valence-corrected chi connectivity index (χ3v) is 3.50. The fraction of sp³-hybridized carbons (Fsp3) is 0.462. The maximum absolute atomic E-state index is 12.4. The highest BCUT2D eigenvalue weighted by Crippen LogP contribution is 2.28. The zero-order valence-electron chi connectivity index (χ0n) is 10.3. The minimum atomic E-state index is -0.791. The Balaban J connectivity index is 2.67. The Morgan fingerprint density at radius 1 is 1.44 bits per heavy atom. The number of carbonyl (C=O) groups is 1. The van der Waals surface area contributed by atoms with E-state index in [4.69, 9.17) is 16.3 Å². The van der Waals surface area contributed by atoms with Crippen LogP contribution in [0.15, 0.2) is 24.3 Å². The predicted octanol–water partition coefficient (Wildman–Crippen LogP) is 4.39. The summed E-state index contributed by atoms with van der Waals surface area (Å²) < 4.78 is 17.8. The van der Waals surface area contributed by atoms with Crippen LogP contribution in [0.4, 0.5) is 4.39 Å². The summed E-state index contributed by atoms with van der Waals surface area (Å²) in [5.74, 6) is 0.348. The van der Waals surface area contributed by atoms with Gasteiger partial charge in [-0.15, -0.1) is 0 Å². The van der Waals surface area contributed by atoms with Crippen molar-refractivity contribution in [1.29, 1.82) is 0 Å². The van der Waals surface area contributed by atoms with E-state index in [0.717, 1.165) is 0 Å². The third-order valence-electron chi connectivity index (χ3n) is 2.65. The minimum absolute atomic E-state index is 0.178. The Morgan fingerprint density at radius 2 is 2.00 bits per heavy atom. The molecule has 18 heavy (non-hydrogen) atoms. The third kappa shape index (κ3) is 4.25. The predicted molar refractivity (Wildman–Crippen MR) is 74.2 cm³/mol. The molecule has 0 spiro atoms. The van der Waals surface area contributed by atoms with Crippen molar-refractivity contribution in [3.8, 4) is 5.75 Å². The van der Waals surface area contributed by atoms with E-state index in [-0.39, 0.29) is 12.2 Å². The van der Waals surface area contributed by atoms with E-state index in [2.05, 4.69) is 15.9 Å². The number of alkyl halides is 2. The Kier molecular flexibility index (Phi) is 5.60. The van der Waals surface area contributed by atoms with E-state index in [9.17, 15) is 9.18 Å². The van der Waals surface area contributed by atoms with Crippen molar-refractivity contribution in [2.45, 2.75) is 25.3 Å². The SMILES string of the molecule is CC(C)(CCF)C(=O)C(Br)Oc1ccc(Cl)cc1. The summed E-state index contributed by atoms with van der Waals surface area (Å²) in [6, 6.07) is 6.69. The lowest BCUT2D eigenvalue weighted by molar-refractivity contribution is -0.130. The van der Waals surface area contributed by atoms with E-state index in [1.165, 1.54) is 0 Å². The largest absolute Gasteiger partial charge is 0.471 e. The van der Waals surface area contributed by atoms with E-state index in [1.54, 1.807) is 38.1 Å². The van der Waals surface area contributed by atoms with Gasteiger partial charge in [-0.25, -0.2) is 0 Å². The molecule has 0 aliphatic carbocycles. The molecule has 0 aliphatic rings. The van der Waals surface area contributed by atoms with Gasteiger partial charge in [0.2, 0.25) is 5.01 Å². The molecule has 0 heterocycles. The molecule has 5 heteroatoms. The molecule has 0 N–H and O–H groups in total. The van der Waals surface area contributed by atoms with Crippen molar-refractivity contribution < 1.29 is 13.9 Å². The molecule has 0 aliphatic heterocycles. The van der Waals surface area contributed by atoms with E-state index < -0.39 is 17.1 Å². The van der Waals surface area contributed by atoms with E-state index in [1.807, 2.05) is 0 Å². The van der Waals surface area contributed by atoms with Crippen molar-refractivity contribution in [2.24, 2.45) is 5.41 Å².